The van der Waals surface area contributed by atoms with Gasteiger partial charge in [-0.2, -0.15) is 4.98 Å². The van der Waals surface area contributed by atoms with Crippen LogP contribution in [0.2, 0.25) is 0 Å². The number of hydrogen-bond acceptors (Lipinski definition) is 7. The second kappa shape index (κ2) is 6.20. The zero-order valence-electron chi connectivity index (χ0n) is 11.6. The van der Waals surface area contributed by atoms with Crippen molar-refractivity contribution in [1.29, 1.82) is 0 Å². The Morgan fingerprint density at radius 3 is 3.00 bits per heavy atom. The van der Waals surface area contributed by atoms with Crippen LogP contribution >= 0.6 is 0 Å². The molecule has 8 heteroatoms. The zero-order valence-corrected chi connectivity index (χ0v) is 11.6. The minimum atomic E-state index is -0.393. The minimum Gasteiger partial charge on any atom is -0.351 e. The molecule has 0 unspecified atom stereocenters. The summed E-state index contributed by atoms with van der Waals surface area (Å²) >= 11 is 0. The standard InChI is InChI=1S/C12H16N6O2/c1-8(9-4-5-14-7-15-9)18(3)6-10-16-12(20-17-10)11(19)13-2/h4-5,7-8H,6H2,1-3H3,(H,13,19)/t8-/m0/s1. The van der Waals surface area contributed by atoms with Crippen LogP contribution in [0.3, 0.4) is 0 Å². The Bertz CT molecular complexity index is 570. The molecule has 0 radical (unpaired) electrons. The summed E-state index contributed by atoms with van der Waals surface area (Å²) in [5, 5.41) is 6.21. The van der Waals surface area contributed by atoms with E-state index in [9.17, 15) is 4.79 Å². The topological polar surface area (TPSA) is 97.0 Å². The average Bonchev–Trinajstić information content (AvgIpc) is 2.95. The van der Waals surface area contributed by atoms with Crippen LogP contribution in [0.1, 0.15) is 35.2 Å². The Balaban J connectivity index is 2.02. The first-order valence-electron chi connectivity index (χ1n) is 6.12. The molecule has 106 valence electrons. The quantitative estimate of drug-likeness (QED) is 0.844. The molecule has 2 aromatic heterocycles. The Morgan fingerprint density at radius 2 is 2.35 bits per heavy atom. The van der Waals surface area contributed by atoms with Crippen LogP contribution in [0, 0.1) is 0 Å². The van der Waals surface area contributed by atoms with E-state index < -0.39 is 5.91 Å². The molecule has 0 bridgehead atoms. The molecule has 0 saturated carbocycles. The predicted molar refractivity (Wildman–Crippen MR) is 69.6 cm³/mol. The fraction of sp³-hybridized carbons (Fsp3) is 0.417. The first kappa shape index (κ1) is 14.1. The fourth-order valence-corrected chi connectivity index (χ4v) is 1.65. The van der Waals surface area contributed by atoms with Crippen molar-refractivity contribution in [3.05, 3.63) is 36.0 Å². The van der Waals surface area contributed by atoms with Gasteiger partial charge in [-0.05, 0) is 20.0 Å². The molecule has 1 amide bonds. The Labute approximate surface area is 116 Å². The van der Waals surface area contributed by atoms with Gasteiger partial charge in [0, 0.05) is 19.3 Å². The van der Waals surface area contributed by atoms with Crippen molar-refractivity contribution >= 4 is 5.91 Å². The van der Waals surface area contributed by atoms with Crippen LogP contribution < -0.4 is 5.32 Å². The van der Waals surface area contributed by atoms with E-state index in [1.165, 1.54) is 13.4 Å². The Hall–Kier alpha value is -2.35. The van der Waals surface area contributed by atoms with Gasteiger partial charge >= 0.3 is 11.8 Å². The van der Waals surface area contributed by atoms with Crippen molar-refractivity contribution in [2.45, 2.75) is 19.5 Å². The monoisotopic (exact) mass is 276 g/mol. The summed E-state index contributed by atoms with van der Waals surface area (Å²) < 4.78 is 4.88. The largest absolute Gasteiger partial charge is 0.351 e. The molecule has 0 aliphatic rings. The molecular formula is C12H16N6O2. The third kappa shape index (κ3) is 3.15. The summed E-state index contributed by atoms with van der Waals surface area (Å²) in [5.41, 5.74) is 0.900. The summed E-state index contributed by atoms with van der Waals surface area (Å²) in [6.07, 6.45) is 3.21. The molecule has 0 fully saturated rings. The maximum absolute atomic E-state index is 11.3. The molecule has 2 rings (SSSR count). The summed E-state index contributed by atoms with van der Waals surface area (Å²) in [6.45, 7) is 2.47. The second-order valence-electron chi connectivity index (χ2n) is 4.32. The van der Waals surface area contributed by atoms with E-state index in [-0.39, 0.29) is 11.9 Å². The minimum absolute atomic E-state index is 0.0365. The first-order valence-corrected chi connectivity index (χ1v) is 6.12. The highest BCUT2D eigenvalue weighted by molar-refractivity contribution is 5.89. The van der Waals surface area contributed by atoms with Crippen LogP contribution in [-0.4, -0.2) is 45.0 Å². The number of hydrogen-bond donors (Lipinski definition) is 1. The van der Waals surface area contributed by atoms with E-state index in [0.29, 0.717) is 12.4 Å². The van der Waals surface area contributed by atoms with Gasteiger partial charge in [0.1, 0.15) is 6.33 Å². The second-order valence-corrected chi connectivity index (χ2v) is 4.32. The maximum atomic E-state index is 11.3. The summed E-state index contributed by atoms with van der Waals surface area (Å²) in [5.74, 6) is 0.0212. The number of carbonyl (C=O) groups excluding carboxylic acids is 1. The normalized spacial score (nSPS) is 12.4. The van der Waals surface area contributed by atoms with Crippen molar-refractivity contribution in [2.24, 2.45) is 0 Å². The molecule has 0 aromatic carbocycles. The molecule has 2 heterocycles. The Morgan fingerprint density at radius 1 is 1.55 bits per heavy atom. The molecule has 0 aliphatic carbocycles. The van der Waals surface area contributed by atoms with Crippen LogP contribution in [0.5, 0.6) is 0 Å². The lowest BCUT2D eigenvalue weighted by Crippen LogP contribution is -2.23. The van der Waals surface area contributed by atoms with E-state index >= 15 is 0 Å². The number of nitrogens with one attached hydrogen (secondary N) is 1. The molecule has 0 saturated heterocycles. The number of aromatic nitrogens is 4. The smallest absolute Gasteiger partial charge is 0.315 e. The van der Waals surface area contributed by atoms with Gasteiger partial charge in [0.15, 0.2) is 5.82 Å². The molecule has 20 heavy (non-hydrogen) atoms. The van der Waals surface area contributed by atoms with Crippen LogP contribution in [0.4, 0.5) is 0 Å². The van der Waals surface area contributed by atoms with Crippen LogP contribution in [-0.2, 0) is 6.54 Å². The highest BCUT2D eigenvalue weighted by atomic mass is 16.5. The predicted octanol–water partition coefficient (Wildman–Crippen LogP) is 0.412. The molecule has 1 atom stereocenters. The van der Waals surface area contributed by atoms with Crippen LogP contribution in [0.25, 0.3) is 0 Å². The van der Waals surface area contributed by atoms with Crippen molar-refractivity contribution in [3.8, 4) is 0 Å². The first-order chi connectivity index (χ1) is 9.61. The van der Waals surface area contributed by atoms with Gasteiger partial charge in [-0.3, -0.25) is 9.69 Å². The number of rotatable bonds is 5. The van der Waals surface area contributed by atoms with Gasteiger partial charge in [-0.15, -0.1) is 0 Å². The number of amides is 1. The lowest BCUT2D eigenvalue weighted by molar-refractivity contribution is 0.0919. The van der Waals surface area contributed by atoms with E-state index in [1.807, 2.05) is 24.9 Å². The lowest BCUT2D eigenvalue weighted by Gasteiger charge is -2.22. The van der Waals surface area contributed by atoms with Gasteiger partial charge in [0.25, 0.3) is 0 Å². The third-order valence-electron chi connectivity index (χ3n) is 2.97. The number of carbonyl (C=O) groups is 1. The lowest BCUT2D eigenvalue weighted by atomic mass is 10.2. The van der Waals surface area contributed by atoms with Gasteiger partial charge in [0.05, 0.1) is 12.2 Å². The van der Waals surface area contributed by atoms with Crippen molar-refractivity contribution in [2.75, 3.05) is 14.1 Å². The SMILES string of the molecule is CNC(=O)c1nc(CN(C)[C@@H](C)c2ccncn2)no1. The Kier molecular flexibility index (Phi) is 4.36. The summed E-state index contributed by atoms with van der Waals surface area (Å²) in [6, 6.07) is 1.92. The van der Waals surface area contributed by atoms with Crippen molar-refractivity contribution in [1.82, 2.24) is 30.3 Å². The third-order valence-corrected chi connectivity index (χ3v) is 2.97. The maximum Gasteiger partial charge on any atom is 0.315 e. The van der Waals surface area contributed by atoms with Crippen molar-refractivity contribution in [3.63, 3.8) is 0 Å². The molecule has 2 aromatic rings. The van der Waals surface area contributed by atoms with Crippen molar-refractivity contribution < 1.29 is 9.32 Å². The molecule has 1 N–H and O–H groups in total. The molecule has 0 spiro atoms. The van der Waals surface area contributed by atoms with Gasteiger partial charge in [-0.1, -0.05) is 5.16 Å². The highest BCUT2D eigenvalue weighted by Crippen LogP contribution is 2.17. The summed E-state index contributed by atoms with van der Waals surface area (Å²) in [4.78, 5) is 25.5. The van der Waals surface area contributed by atoms with Crippen LogP contribution in [0.15, 0.2) is 23.1 Å². The van der Waals surface area contributed by atoms with E-state index in [1.54, 1.807) is 6.20 Å². The van der Waals surface area contributed by atoms with E-state index in [2.05, 4.69) is 25.4 Å². The van der Waals surface area contributed by atoms with Gasteiger partial charge in [-0.25, -0.2) is 9.97 Å². The molecule has 8 nitrogen and oxygen atoms in total. The molecule has 0 aliphatic heterocycles. The van der Waals surface area contributed by atoms with E-state index in [4.69, 9.17) is 4.52 Å². The fourth-order valence-electron chi connectivity index (χ4n) is 1.65. The van der Waals surface area contributed by atoms with Gasteiger partial charge in [0.2, 0.25) is 0 Å². The highest BCUT2D eigenvalue weighted by Gasteiger charge is 2.18. The number of nitrogens with zero attached hydrogens (tertiary/aromatic N) is 5. The summed E-state index contributed by atoms with van der Waals surface area (Å²) in [7, 11) is 3.43. The molecular weight excluding hydrogens is 260 g/mol. The zero-order chi connectivity index (χ0) is 14.5. The van der Waals surface area contributed by atoms with E-state index in [0.717, 1.165) is 5.69 Å². The average molecular weight is 276 g/mol. The van der Waals surface area contributed by atoms with Gasteiger partial charge < -0.3 is 9.84 Å².